The number of hydrogen-bond donors (Lipinski definition) is 0. The minimum Gasteiger partial charge on any atom is -0.299 e. The summed E-state index contributed by atoms with van der Waals surface area (Å²) in [5, 5.41) is 0. The van der Waals surface area contributed by atoms with E-state index < -0.39 is 7.60 Å². The Kier molecular flexibility index (Phi) is 8.05. The first kappa shape index (κ1) is 17.4. The van der Waals surface area contributed by atoms with E-state index in [-0.39, 0.29) is 24.7 Å². The van der Waals surface area contributed by atoms with Crippen LogP contribution in [-0.2, 0) is 18.4 Å². The van der Waals surface area contributed by atoms with E-state index >= 15 is 0 Å². The summed E-state index contributed by atoms with van der Waals surface area (Å²) < 4.78 is 23.3. The van der Waals surface area contributed by atoms with Crippen LogP contribution in [0.1, 0.15) is 46.0 Å². The number of hydrogen-bond acceptors (Lipinski definition) is 4. The smallest absolute Gasteiger partial charge is 0.299 e. The summed E-state index contributed by atoms with van der Waals surface area (Å²) in [6.07, 6.45) is 11.8. The Morgan fingerprint density at radius 2 is 1.55 bits per heavy atom. The molecule has 0 spiro atoms. The van der Waals surface area contributed by atoms with Crippen LogP contribution < -0.4 is 0 Å². The van der Waals surface area contributed by atoms with Gasteiger partial charge in [-0.1, -0.05) is 43.6 Å². The molecule has 0 aromatic heterocycles. The molecule has 0 bridgehead atoms. The van der Waals surface area contributed by atoms with Gasteiger partial charge in [0.25, 0.3) is 0 Å². The van der Waals surface area contributed by atoms with Gasteiger partial charge in [0.15, 0.2) is 0 Å². The lowest BCUT2D eigenvalue weighted by molar-refractivity contribution is -0.118. The standard InChI is InChI=1S/C15H25O4P/c1-3-5-12-18-20(17,19-13-6-4-2)15(16)14-10-8-7-9-11-14/h3-6,14H,7-13H2,1-2H3. The molecule has 0 unspecified atom stereocenters. The fourth-order valence-electron chi connectivity index (χ4n) is 2.21. The molecule has 0 heterocycles. The van der Waals surface area contributed by atoms with E-state index in [0.29, 0.717) is 0 Å². The van der Waals surface area contributed by atoms with Gasteiger partial charge in [-0.25, -0.2) is 0 Å². The molecule has 1 rings (SSSR count). The average Bonchev–Trinajstić information content (AvgIpc) is 2.48. The maximum absolute atomic E-state index is 12.7. The quantitative estimate of drug-likeness (QED) is 0.490. The Morgan fingerprint density at radius 3 is 2.00 bits per heavy atom. The van der Waals surface area contributed by atoms with Gasteiger partial charge in [0.1, 0.15) is 0 Å². The van der Waals surface area contributed by atoms with Gasteiger partial charge in [-0.15, -0.1) is 0 Å². The second-order valence-corrected chi connectivity index (χ2v) is 6.85. The third-order valence-electron chi connectivity index (χ3n) is 3.38. The van der Waals surface area contributed by atoms with Crippen molar-refractivity contribution in [3.63, 3.8) is 0 Å². The molecule has 0 amide bonds. The van der Waals surface area contributed by atoms with Gasteiger partial charge in [0, 0.05) is 5.92 Å². The molecule has 0 aliphatic heterocycles. The van der Waals surface area contributed by atoms with Gasteiger partial charge in [-0.05, 0) is 26.7 Å². The van der Waals surface area contributed by atoms with Crippen LogP contribution in [0.25, 0.3) is 0 Å². The van der Waals surface area contributed by atoms with Crippen molar-refractivity contribution < 1.29 is 18.4 Å². The molecule has 0 atom stereocenters. The maximum atomic E-state index is 12.7. The molecule has 0 radical (unpaired) electrons. The highest BCUT2D eigenvalue weighted by molar-refractivity contribution is 7.71. The van der Waals surface area contributed by atoms with Gasteiger partial charge in [-0.3, -0.25) is 18.4 Å². The molecule has 1 aliphatic carbocycles. The Morgan fingerprint density at radius 1 is 1.05 bits per heavy atom. The first-order chi connectivity index (χ1) is 9.64. The average molecular weight is 300 g/mol. The highest BCUT2D eigenvalue weighted by Crippen LogP contribution is 2.53. The summed E-state index contributed by atoms with van der Waals surface area (Å²) >= 11 is 0. The highest BCUT2D eigenvalue weighted by atomic mass is 31.2. The largest absolute Gasteiger partial charge is 0.397 e. The van der Waals surface area contributed by atoms with E-state index in [9.17, 15) is 9.36 Å². The second-order valence-electron chi connectivity index (χ2n) is 4.90. The van der Waals surface area contributed by atoms with Gasteiger partial charge in [0.05, 0.1) is 13.2 Å². The molecule has 0 aromatic carbocycles. The van der Waals surface area contributed by atoms with Crippen LogP contribution >= 0.6 is 7.60 Å². The van der Waals surface area contributed by atoms with E-state index in [0.717, 1.165) is 32.1 Å². The molecular formula is C15H25O4P. The lowest BCUT2D eigenvalue weighted by Crippen LogP contribution is -2.20. The lowest BCUT2D eigenvalue weighted by atomic mass is 9.90. The summed E-state index contributed by atoms with van der Waals surface area (Å²) in [5.74, 6) is -0.175. The zero-order chi connectivity index (χ0) is 14.8. The minimum absolute atomic E-state index is 0.141. The van der Waals surface area contributed by atoms with Gasteiger partial charge in [0.2, 0.25) is 5.52 Å². The number of carbonyl (C=O) groups excluding carboxylic acids is 1. The van der Waals surface area contributed by atoms with E-state index in [2.05, 4.69) is 0 Å². The molecule has 5 heteroatoms. The van der Waals surface area contributed by atoms with Crippen molar-refractivity contribution in [1.29, 1.82) is 0 Å². The fourth-order valence-corrected chi connectivity index (χ4v) is 3.81. The topological polar surface area (TPSA) is 52.6 Å². The Labute approximate surface area is 121 Å². The van der Waals surface area contributed by atoms with Crippen molar-refractivity contribution >= 4 is 13.1 Å². The number of carbonyl (C=O) groups is 1. The van der Waals surface area contributed by atoms with Crippen molar-refractivity contribution in [1.82, 2.24) is 0 Å². The normalized spacial score (nSPS) is 20.5. The Balaban J connectivity index is 2.72. The maximum Gasteiger partial charge on any atom is 0.397 e. The van der Waals surface area contributed by atoms with Crippen molar-refractivity contribution in [3.05, 3.63) is 24.3 Å². The van der Waals surface area contributed by atoms with Crippen LogP contribution in [0.2, 0.25) is 0 Å². The molecular weight excluding hydrogens is 275 g/mol. The Bertz CT molecular complexity index is 375. The number of rotatable bonds is 8. The van der Waals surface area contributed by atoms with Gasteiger partial charge < -0.3 is 0 Å². The summed E-state index contributed by atoms with van der Waals surface area (Å²) in [6.45, 7) is 3.97. The van der Waals surface area contributed by atoms with Crippen LogP contribution in [0, 0.1) is 5.92 Å². The fraction of sp³-hybridized carbons (Fsp3) is 0.667. The molecule has 0 N–H and O–H groups in total. The van der Waals surface area contributed by atoms with E-state index in [1.807, 2.05) is 13.8 Å². The van der Waals surface area contributed by atoms with Gasteiger partial charge in [-0.2, -0.15) is 0 Å². The monoisotopic (exact) mass is 300 g/mol. The molecule has 0 saturated heterocycles. The molecule has 4 nitrogen and oxygen atoms in total. The van der Waals surface area contributed by atoms with Crippen LogP contribution in [0.3, 0.4) is 0 Å². The zero-order valence-electron chi connectivity index (χ0n) is 12.4. The molecule has 1 saturated carbocycles. The molecule has 1 fully saturated rings. The summed E-state index contributed by atoms with van der Waals surface area (Å²) in [4.78, 5) is 12.4. The lowest BCUT2D eigenvalue weighted by Gasteiger charge is -2.24. The predicted octanol–water partition coefficient (Wildman–Crippen LogP) is 4.47. The highest BCUT2D eigenvalue weighted by Gasteiger charge is 2.39. The summed E-state index contributed by atoms with van der Waals surface area (Å²) in [5.41, 5.74) is -0.341. The number of allylic oxidation sites excluding steroid dienone is 2. The van der Waals surface area contributed by atoms with Crippen LogP contribution in [0.4, 0.5) is 0 Å². The van der Waals surface area contributed by atoms with Crippen molar-refractivity contribution in [3.8, 4) is 0 Å². The summed E-state index contributed by atoms with van der Waals surface area (Å²) in [6, 6.07) is 0. The van der Waals surface area contributed by atoms with E-state index in [4.69, 9.17) is 9.05 Å². The van der Waals surface area contributed by atoms with E-state index in [1.165, 1.54) is 0 Å². The van der Waals surface area contributed by atoms with Crippen LogP contribution in [-0.4, -0.2) is 18.7 Å². The first-order valence-electron chi connectivity index (χ1n) is 7.30. The molecule has 20 heavy (non-hydrogen) atoms. The van der Waals surface area contributed by atoms with Crippen molar-refractivity contribution in [2.24, 2.45) is 5.92 Å². The van der Waals surface area contributed by atoms with E-state index in [1.54, 1.807) is 24.3 Å². The minimum atomic E-state index is -3.68. The van der Waals surface area contributed by atoms with Gasteiger partial charge >= 0.3 is 7.60 Å². The third-order valence-corrected chi connectivity index (χ3v) is 5.26. The molecule has 0 aromatic rings. The molecule has 114 valence electrons. The predicted molar refractivity (Wildman–Crippen MR) is 80.7 cm³/mol. The van der Waals surface area contributed by atoms with Crippen LogP contribution in [0.5, 0.6) is 0 Å². The summed E-state index contributed by atoms with van der Waals surface area (Å²) in [7, 11) is -3.68. The van der Waals surface area contributed by atoms with Crippen LogP contribution in [0.15, 0.2) is 24.3 Å². The SMILES string of the molecule is CC=CCOP(=O)(OCC=CC)C(=O)C1CCCCC1. The second kappa shape index (κ2) is 9.28. The molecule has 1 aliphatic rings. The Hall–Kier alpha value is -0.700. The van der Waals surface area contributed by atoms with Crippen molar-refractivity contribution in [2.75, 3.05) is 13.2 Å². The zero-order valence-corrected chi connectivity index (χ0v) is 13.3. The first-order valence-corrected chi connectivity index (χ1v) is 8.84. The van der Waals surface area contributed by atoms with Crippen molar-refractivity contribution in [2.45, 2.75) is 46.0 Å². The third kappa shape index (κ3) is 5.35.